The maximum Gasteiger partial charge on any atom is 0.237 e. The van der Waals surface area contributed by atoms with Crippen molar-refractivity contribution in [2.75, 3.05) is 0 Å². The monoisotopic (exact) mass is 358 g/mol. The van der Waals surface area contributed by atoms with Crippen LogP contribution in [-0.2, 0) is 29.4 Å². The lowest BCUT2D eigenvalue weighted by molar-refractivity contribution is 0.400. The predicted octanol–water partition coefficient (Wildman–Crippen LogP) is 2.58. The summed E-state index contributed by atoms with van der Waals surface area (Å²) in [5.74, 6) is 1.51. The first-order valence-electron chi connectivity index (χ1n) is 8.81. The standard InChI is InChI=1S/C18H22N4O2S/c1-2-17-19-18-16(8-5-11-22(18)20-17)21-25(23,24)15-10-9-13-6-3-4-7-14(13)12-15/h3-4,6-7,12,16,21H,2,5,8-11H2,1H3. The molecule has 1 aromatic carbocycles. The number of allylic oxidation sites excluding steroid dienone is 1. The summed E-state index contributed by atoms with van der Waals surface area (Å²) >= 11 is 0. The van der Waals surface area contributed by atoms with E-state index in [0.29, 0.717) is 11.3 Å². The summed E-state index contributed by atoms with van der Waals surface area (Å²) < 4.78 is 30.5. The Labute approximate surface area is 148 Å². The Morgan fingerprint density at radius 1 is 1.28 bits per heavy atom. The molecule has 2 heterocycles. The van der Waals surface area contributed by atoms with Gasteiger partial charge in [-0.25, -0.2) is 22.8 Å². The van der Waals surface area contributed by atoms with Gasteiger partial charge in [0.15, 0.2) is 5.82 Å². The molecule has 4 rings (SSSR count). The van der Waals surface area contributed by atoms with Gasteiger partial charge in [-0.1, -0.05) is 31.2 Å². The minimum Gasteiger partial charge on any atom is -0.248 e. The molecule has 0 saturated heterocycles. The third-order valence-corrected chi connectivity index (χ3v) is 6.50. The first-order chi connectivity index (χ1) is 12.1. The molecule has 1 aliphatic carbocycles. The fraction of sp³-hybridized carbons (Fsp3) is 0.444. The third-order valence-electron chi connectivity index (χ3n) is 4.89. The molecule has 0 spiro atoms. The summed E-state index contributed by atoms with van der Waals surface area (Å²) in [6.45, 7) is 2.81. The Morgan fingerprint density at radius 2 is 2.12 bits per heavy atom. The number of rotatable bonds is 4. The van der Waals surface area contributed by atoms with E-state index in [2.05, 4.69) is 20.9 Å². The van der Waals surface area contributed by atoms with Gasteiger partial charge >= 0.3 is 0 Å². The molecule has 2 aliphatic rings. The highest BCUT2D eigenvalue weighted by Crippen LogP contribution is 2.30. The average Bonchev–Trinajstić information content (AvgIpc) is 3.05. The van der Waals surface area contributed by atoms with E-state index in [9.17, 15) is 8.42 Å². The van der Waals surface area contributed by atoms with Crippen LogP contribution in [0.15, 0.2) is 29.2 Å². The predicted molar refractivity (Wildman–Crippen MR) is 96.2 cm³/mol. The van der Waals surface area contributed by atoms with Gasteiger partial charge in [0.1, 0.15) is 5.82 Å². The molecule has 0 amide bonds. The molecule has 1 aromatic heterocycles. The number of hydrogen-bond donors (Lipinski definition) is 1. The van der Waals surface area contributed by atoms with Crippen LogP contribution in [0.1, 0.15) is 55.0 Å². The van der Waals surface area contributed by atoms with Crippen molar-refractivity contribution in [2.45, 2.75) is 51.6 Å². The van der Waals surface area contributed by atoms with Gasteiger partial charge in [-0.15, -0.1) is 0 Å². The lowest BCUT2D eigenvalue weighted by Gasteiger charge is -2.24. The molecule has 7 heteroatoms. The van der Waals surface area contributed by atoms with Crippen molar-refractivity contribution in [3.8, 4) is 0 Å². The maximum absolute atomic E-state index is 12.9. The Hall–Kier alpha value is -1.99. The normalized spacial score (nSPS) is 19.9. The zero-order valence-electron chi connectivity index (χ0n) is 14.3. The Morgan fingerprint density at radius 3 is 2.96 bits per heavy atom. The highest BCUT2D eigenvalue weighted by Gasteiger charge is 2.30. The van der Waals surface area contributed by atoms with Crippen molar-refractivity contribution in [1.29, 1.82) is 0 Å². The van der Waals surface area contributed by atoms with E-state index in [1.165, 1.54) is 5.56 Å². The topological polar surface area (TPSA) is 76.9 Å². The van der Waals surface area contributed by atoms with Crippen LogP contribution in [0, 0.1) is 0 Å². The molecule has 132 valence electrons. The SMILES string of the molecule is CCc1nc2n(n1)CCCC2NS(=O)(=O)C1=Cc2ccccc2CC1. The van der Waals surface area contributed by atoms with E-state index in [1.807, 2.05) is 29.8 Å². The summed E-state index contributed by atoms with van der Waals surface area (Å²) in [6, 6.07) is 7.65. The van der Waals surface area contributed by atoms with E-state index in [4.69, 9.17) is 0 Å². The van der Waals surface area contributed by atoms with Crippen LogP contribution in [0.3, 0.4) is 0 Å². The van der Waals surface area contributed by atoms with Crippen molar-refractivity contribution >= 4 is 16.1 Å². The number of nitrogens with one attached hydrogen (secondary N) is 1. The van der Waals surface area contributed by atoms with Gasteiger partial charge in [-0.2, -0.15) is 5.10 Å². The van der Waals surface area contributed by atoms with E-state index in [0.717, 1.165) is 49.4 Å². The summed E-state index contributed by atoms with van der Waals surface area (Å²) in [4.78, 5) is 4.98. The first-order valence-corrected chi connectivity index (χ1v) is 10.3. The third kappa shape index (κ3) is 3.14. The Balaban J connectivity index is 1.61. The lowest BCUT2D eigenvalue weighted by atomic mass is 9.98. The highest BCUT2D eigenvalue weighted by atomic mass is 32.2. The van der Waals surface area contributed by atoms with Crippen LogP contribution in [-0.4, -0.2) is 23.2 Å². The van der Waals surface area contributed by atoms with Crippen LogP contribution in [0.5, 0.6) is 0 Å². The van der Waals surface area contributed by atoms with Gasteiger partial charge in [0.25, 0.3) is 0 Å². The Bertz CT molecular complexity index is 930. The van der Waals surface area contributed by atoms with E-state index >= 15 is 0 Å². The quantitative estimate of drug-likeness (QED) is 0.911. The second kappa shape index (κ2) is 6.38. The maximum atomic E-state index is 12.9. The number of sulfonamides is 1. The minimum atomic E-state index is -3.54. The molecular formula is C18H22N4O2S. The molecule has 0 saturated carbocycles. The number of nitrogens with zero attached hydrogens (tertiary/aromatic N) is 3. The second-order valence-corrected chi connectivity index (χ2v) is 8.36. The van der Waals surface area contributed by atoms with Crippen molar-refractivity contribution < 1.29 is 8.42 Å². The van der Waals surface area contributed by atoms with Gasteiger partial charge < -0.3 is 0 Å². The molecule has 0 radical (unpaired) electrons. The van der Waals surface area contributed by atoms with Crippen molar-refractivity contribution in [2.24, 2.45) is 0 Å². The largest absolute Gasteiger partial charge is 0.248 e. The molecule has 0 bridgehead atoms. The summed E-state index contributed by atoms with van der Waals surface area (Å²) in [7, 11) is -3.54. The Kier molecular flexibility index (Phi) is 4.21. The summed E-state index contributed by atoms with van der Waals surface area (Å²) in [5, 5.41) is 4.45. The zero-order chi connectivity index (χ0) is 17.4. The van der Waals surface area contributed by atoms with Gasteiger partial charge in [-0.05, 0) is 42.9 Å². The van der Waals surface area contributed by atoms with Gasteiger partial charge in [-0.3, -0.25) is 0 Å². The molecule has 1 atom stereocenters. The van der Waals surface area contributed by atoms with Crippen molar-refractivity contribution in [3.63, 3.8) is 0 Å². The van der Waals surface area contributed by atoms with E-state index < -0.39 is 10.0 Å². The fourth-order valence-corrected chi connectivity index (χ4v) is 4.94. The zero-order valence-corrected chi connectivity index (χ0v) is 15.1. The van der Waals surface area contributed by atoms with Crippen LogP contribution < -0.4 is 4.72 Å². The molecule has 2 aromatic rings. The number of fused-ring (bicyclic) bond motifs is 2. The molecular weight excluding hydrogens is 336 g/mol. The molecule has 25 heavy (non-hydrogen) atoms. The van der Waals surface area contributed by atoms with Gasteiger partial charge in [0.05, 0.1) is 10.9 Å². The first kappa shape index (κ1) is 16.5. The highest BCUT2D eigenvalue weighted by molar-refractivity contribution is 7.93. The van der Waals surface area contributed by atoms with Crippen LogP contribution >= 0.6 is 0 Å². The van der Waals surface area contributed by atoms with Crippen molar-refractivity contribution in [1.82, 2.24) is 19.5 Å². The number of aromatic nitrogens is 3. The lowest BCUT2D eigenvalue weighted by Crippen LogP contribution is -2.34. The number of benzene rings is 1. The smallest absolute Gasteiger partial charge is 0.237 e. The van der Waals surface area contributed by atoms with Crippen LogP contribution in [0.4, 0.5) is 0 Å². The number of hydrogen-bond acceptors (Lipinski definition) is 4. The molecule has 0 fully saturated rings. The summed E-state index contributed by atoms with van der Waals surface area (Å²) in [5.41, 5.74) is 2.20. The minimum absolute atomic E-state index is 0.301. The molecule has 1 aliphatic heterocycles. The van der Waals surface area contributed by atoms with Crippen molar-refractivity contribution in [3.05, 3.63) is 51.9 Å². The van der Waals surface area contributed by atoms with Gasteiger partial charge in [0, 0.05) is 13.0 Å². The average molecular weight is 358 g/mol. The second-order valence-electron chi connectivity index (χ2n) is 6.59. The van der Waals surface area contributed by atoms with Crippen LogP contribution in [0.25, 0.3) is 6.08 Å². The fourth-order valence-electron chi connectivity index (χ4n) is 3.54. The summed E-state index contributed by atoms with van der Waals surface area (Å²) in [6.07, 6.45) is 5.49. The number of aryl methyl sites for hydroxylation is 3. The van der Waals surface area contributed by atoms with Crippen LogP contribution in [0.2, 0.25) is 0 Å². The molecule has 1 N–H and O–H groups in total. The van der Waals surface area contributed by atoms with Gasteiger partial charge in [0.2, 0.25) is 10.0 Å². The molecule has 6 nitrogen and oxygen atoms in total. The van der Waals surface area contributed by atoms with E-state index in [-0.39, 0.29) is 6.04 Å². The molecule has 1 unspecified atom stereocenters. The van der Waals surface area contributed by atoms with E-state index in [1.54, 1.807) is 6.08 Å².